The summed E-state index contributed by atoms with van der Waals surface area (Å²) in [6.07, 6.45) is 0. The van der Waals surface area contributed by atoms with Gasteiger partial charge in [0.05, 0.1) is 20.8 Å². The molecule has 2 aromatic rings. The lowest BCUT2D eigenvalue weighted by Crippen LogP contribution is -2.02. The highest BCUT2D eigenvalue weighted by Crippen LogP contribution is 2.37. The van der Waals surface area contributed by atoms with Gasteiger partial charge in [0.25, 0.3) is 0 Å². The van der Waals surface area contributed by atoms with E-state index in [1.54, 1.807) is 26.4 Å². The zero-order valence-electron chi connectivity index (χ0n) is 10.8. The molecular weight excluding hydrogens is 250 g/mol. The SMILES string of the molecule is COc1cccc(OC)c1OCc1noc(CN)n1. The van der Waals surface area contributed by atoms with Gasteiger partial charge in [-0.2, -0.15) is 4.98 Å². The van der Waals surface area contributed by atoms with Crippen LogP contribution >= 0.6 is 0 Å². The Bertz CT molecular complexity index is 519. The molecule has 19 heavy (non-hydrogen) atoms. The van der Waals surface area contributed by atoms with Crippen molar-refractivity contribution in [3.8, 4) is 17.2 Å². The fraction of sp³-hybridized carbons (Fsp3) is 0.333. The van der Waals surface area contributed by atoms with Crippen LogP contribution < -0.4 is 19.9 Å². The van der Waals surface area contributed by atoms with Gasteiger partial charge in [-0.1, -0.05) is 11.2 Å². The standard InChI is InChI=1S/C12H15N3O4/c1-16-8-4-3-5-9(17-2)12(8)18-7-10-14-11(6-13)19-15-10/h3-5H,6-7,13H2,1-2H3. The van der Waals surface area contributed by atoms with E-state index < -0.39 is 0 Å². The van der Waals surface area contributed by atoms with Gasteiger partial charge in [-0.15, -0.1) is 0 Å². The second kappa shape index (κ2) is 6.05. The van der Waals surface area contributed by atoms with E-state index >= 15 is 0 Å². The second-order valence-corrected chi connectivity index (χ2v) is 3.59. The van der Waals surface area contributed by atoms with E-state index in [9.17, 15) is 0 Å². The minimum Gasteiger partial charge on any atom is -0.493 e. The van der Waals surface area contributed by atoms with Gasteiger partial charge in [0.1, 0.15) is 0 Å². The Kier molecular flexibility index (Phi) is 4.19. The summed E-state index contributed by atoms with van der Waals surface area (Å²) < 4.78 is 20.9. The summed E-state index contributed by atoms with van der Waals surface area (Å²) in [4.78, 5) is 4.05. The van der Waals surface area contributed by atoms with Crippen LogP contribution in [0.15, 0.2) is 22.7 Å². The zero-order chi connectivity index (χ0) is 13.7. The molecule has 2 N–H and O–H groups in total. The van der Waals surface area contributed by atoms with E-state index in [1.165, 1.54) is 0 Å². The summed E-state index contributed by atoms with van der Waals surface area (Å²) in [6, 6.07) is 5.37. The lowest BCUT2D eigenvalue weighted by Gasteiger charge is -2.12. The van der Waals surface area contributed by atoms with Gasteiger partial charge in [0, 0.05) is 0 Å². The number of ether oxygens (including phenoxy) is 3. The first-order valence-corrected chi connectivity index (χ1v) is 5.63. The van der Waals surface area contributed by atoms with Crippen LogP contribution in [0, 0.1) is 0 Å². The van der Waals surface area contributed by atoms with E-state index in [0.29, 0.717) is 29.0 Å². The number of rotatable bonds is 6. The zero-order valence-corrected chi connectivity index (χ0v) is 10.8. The van der Waals surface area contributed by atoms with Crippen LogP contribution in [0.25, 0.3) is 0 Å². The van der Waals surface area contributed by atoms with Crippen molar-refractivity contribution in [1.82, 2.24) is 10.1 Å². The minimum absolute atomic E-state index is 0.139. The van der Waals surface area contributed by atoms with E-state index in [2.05, 4.69) is 10.1 Å². The maximum absolute atomic E-state index is 5.62. The van der Waals surface area contributed by atoms with Crippen molar-refractivity contribution in [3.05, 3.63) is 29.9 Å². The molecule has 0 aliphatic heterocycles. The van der Waals surface area contributed by atoms with Crippen LogP contribution in [0.3, 0.4) is 0 Å². The Hall–Kier alpha value is -2.28. The number of nitrogens with two attached hydrogens (primary N) is 1. The molecule has 0 saturated heterocycles. The van der Waals surface area contributed by atoms with Crippen molar-refractivity contribution in [3.63, 3.8) is 0 Å². The summed E-state index contributed by atoms with van der Waals surface area (Å²) in [5.74, 6) is 2.41. The van der Waals surface area contributed by atoms with E-state index in [4.69, 9.17) is 24.5 Å². The molecule has 0 amide bonds. The van der Waals surface area contributed by atoms with Crippen molar-refractivity contribution in [2.75, 3.05) is 14.2 Å². The van der Waals surface area contributed by atoms with Crippen molar-refractivity contribution >= 4 is 0 Å². The molecule has 0 unspecified atom stereocenters. The van der Waals surface area contributed by atoms with Crippen LogP contribution in [0.5, 0.6) is 17.2 Å². The highest BCUT2D eigenvalue weighted by atomic mass is 16.5. The van der Waals surface area contributed by atoms with Gasteiger partial charge in [-0.25, -0.2) is 0 Å². The molecule has 0 fully saturated rings. The third-order valence-corrected chi connectivity index (χ3v) is 2.41. The molecule has 0 aliphatic carbocycles. The predicted octanol–water partition coefficient (Wildman–Crippen LogP) is 1.12. The number of nitrogens with zero attached hydrogens (tertiary/aromatic N) is 2. The van der Waals surface area contributed by atoms with Crippen LogP contribution in [0.1, 0.15) is 11.7 Å². The third-order valence-electron chi connectivity index (χ3n) is 2.41. The van der Waals surface area contributed by atoms with E-state index in [0.717, 1.165) is 0 Å². The van der Waals surface area contributed by atoms with Crippen molar-refractivity contribution in [2.45, 2.75) is 13.2 Å². The average molecular weight is 265 g/mol. The smallest absolute Gasteiger partial charge is 0.240 e. The Morgan fingerprint density at radius 3 is 2.42 bits per heavy atom. The quantitative estimate of drug-likeness (QED) is 0.836. The molecule has 102 valence electrons. The Morgan fingerprint density at radius 1 is 1.21 bits per heavy atom. The first kappa shape index (κ1) is 13.2. The maximum Gasteiger partial charge on any atom is 0.240 e. The van der Waals surface area contributed by atoms with Crippen LogP contribution in [0.4, 0.5) is 0 Å². The van der Waals surface area contributed by atoms with Crippen molar-refractivity contribution in [1.29, 1.82) is 0 Å². The van der Waals surface area contributed by atoms with Gasteiger partial charge in [0.15, 0.2) is 18.1 Å². The molecule has 0 saturated carbocycles. The molecule has 1 heterocycles. The van der Waals surface area contributed by atoms with Crippen LogP contribution in [0.2, 0.25) is 0 Å². The van der Waals surface area contributed by atoms with Gasteiger partial charge in [-0.3, -0.25) is 0 Å². The van der Waals surface area contributed by atoms with Gasteiger partial charge >= 0.3 is 0 Å². The molecule has 7 heteroatoms. The average Bonchev–Trinajstić information content (AvgIpc) is 2.92. The van der Waals surface area contributed by atoms with E-state index in [1.807, 2.05) is 6.07 Å². The molecule has 0 aliphatic rings. The molecule has 2 rings (SSSR count). The first-order valence-electron chi connectivity index (χ1n) is 5.63. The van der Waals surface area contributed by atoms with Crippen LogP contribution in [-0.2, 0) is 13.2 Å². The number of hydrogen-bond acceptors (Lipinski definition) is 7. The summed E-state index contributed by atoms with van der Waals surface area (Å²) in [5.41, 5.74) is 5.38. The normalized spacial score (nSPS) is 10.3. The number of methoxy groups -OCH3 is 2. The predicted molar refractivity (Wildman–Crippen MR) is 66.1 cm³/mol. The fourth-order valence-electron chi connectivity index (χ4n) is 1.53. The summed E-state index contributed by atoms with van der Waals surface area (Å²) >= 11 is 0. The first-order chi connectivity index (χ1) is 9.28. The van der Waals surface area contributed by atoms with Gasteiger partial charge < -0.3 is 24.5 Å². The summed E-state index contributed by atoms with van der Waals surface area (Å²) in [5, 5.41) is 3.74. The van der Waals surface area contributed by atoms with Crippen molar-refractivity contribution in [2.24, 2.45) is 5.73 Å². The number of hydrogen-bond donors (Lipinski definition) is 1. The lowest BCUT2D eigenvalue weighted by atomic mass is 10.3. The minimum atomic E-state index is 0.139. The largest absolute Gasteiger partial charge is 0.493 e. The molecule has 0 spiro atoms. The fourth-order valence-corrected chi connectivity index (χ4v) is 1.53. The van der Waals surface area contributed by atoms with Gasteiger partial charge in [0.2, 0.25) is 17.5 Å². The summed E-state index contributed by atoms with van der Waals surface area (Å²) in [6.45, 7) is 0.339. The maximum atomic E-state index is 5.62. The molecule has 0 bridgehead atoms. The van der Waals surface area contributed by atoms with Crippen LogP contribution in [-0.4, -0.2) is 24.4 Å². The lowest BCUT2D eigenvalue weighted by molar-refractivity contribution is 0.253. The molecule has 1 aromatic heterocycles. The Morgan fingerprint density at radius 2 is 1.89 bits per heavy atom. The summed E-state index contributed by atoms with van der Waals surface area (Å²) in [7, 11) is 3.12. The third kappa shape index (κ3) is 2.94. The number of aromatic nitrogens is 2. The molecule has 0 atom stereocenters. The highest BCUT2D eigenvalue weighted by Gasteiger charge is 2.13. The second-order valence-electron chi connectivity index (χ2n) is 3.59. The Balaban J connectivity index is 2.13. The topological polar surface area (TPSA) is 92.6 Å². The van der Waals surface area contributed by atoms with Crippen molar-refractivity contribution < 1.29 is 18.7 Å². The highest BCUT2D eigenvalue weighted by molar-refractivity contribution is 5.51. The Labute approximate surface area is 110 Å². The molecule has 7 nitrogen and oxygen atoms in total. The molecule has 0 radical (unpaired) electrons. The monoisotopic (exact) mass is 265 g/mol. The van der Waals surface area contributed by atoms with E-state index in [-0.39, 0.29) is 13.2 Å². The molecule has 1 aromatic carbocycles. The van der Waals surface area contributed by atoms with Gasteiger partial charge in [-0.05, 0) is 12.1 Å². The molecular formula is C12H15N3O4. The number of para-hydroxylation sites is 1. The number of benzene rings is 1.